The molecule has 0 saturated heterocycles. The van der Waals surface area contributed by atoms with E-state index in [4.69, 9.17) is 0 Å². The molecule has 1 rings (SSSR count). The summed E-state index contributed by atoms with van der Waals surface area (Å²) in [6.07, 6.45) is 0. The summed E-state index contributed by atoms with van der Waals surface area (Å²) in [4.78, 5) is 2.03. The van der Waals surface area contributed by atoms with Gasteiger partial charge in [-0.25, -0.2) is 4.39 Å². The summed E-state index contributed by atoms with van der Waals surface area (Å²) >= 11 is 0. The first-order chi connectivity index (χ1) is 9.02. The standard InChI is InChI=1S/C15H25FN2O/c1-5-17-12(4)15-13(16)7-6-8-14(15)18(9-10-19)11(2)3/h6-8,11-12,17,19H,5,9-10H2,1-4H3. The highest BCUT2D eigenvalue weighted by molar-refractivity contribution is 5.56. The van der Waals surface area contributed by atoms with E-state index in [1.807, 2.05) is 38.7 Å². The Morgan fingerprint density at radius 2 is 2.00 bits per heavy atom. The van der Waals surface area contributed by atoms with Crippen LogP contribution in [0.15, 0.2) is 18.2 Å². The summed E-state index contributed by atoms with van der Waals surface area (Å²) in [6.45, 7) is 9.41. The summed E-state index contributed by atoms with van der Waals surface area (Å²) in [5.41, 5.74) is 1.53. The van der Waals surface area contributed by atoms with Gasteiger partial charge in [-0.2, -0.15) is 0 Å². The number of hydrogen-bond donors (Lipinski definition) is 2. The van der Waals surface area contributed by atoms with Crippen LogP contribution in [0.2, 0.25) is 0 Å². The van der Waals surface area contributed by atoms with Gasteiger partial charge in [0, 0.05) is 29.9 Å². The van der Waals surface area contributed by atoms with Crippen molar-refractivity contribution in [1.29, 1.82) is 0 Å². The number of halogens is 1. The smallest absolute Gasteiger partial charge is 0.130 e. The van der Waals surface area contributed by atoms with E-state index < -0.39 is 0 Å². The largest absolute Gasteiger partial charge is 0.395 e. The number of aliphatic hydroxyl groups is 1. The Labute approximate surface area is 115 Å². The molecule has 0 aliphatic carbocycles. The van der Waals surface area contributed by atoms with Crippen molar-refractivity contribution in [2.75, 3.05) is 24.6 Å². The van der Waals surface area contributed by atoms with Crippen LogP contribution in [0.25, 0.3) is 0 Å². The maximum Gasteiger partial charge on any atom is 0.130 e. The van der Waals surface area contributed by atoms with Crippen molar-refractivity contribution in [3.8, 4) is 0 Å². The van der Waals surface area contributed by atoms with E-state index >= 15 is 0 Å². The number of aliphatic hydroxyl groups excluding tert-OH is 1. The summed E-state index contributed by atoms with van der Waals surface area (Å²) in [6, 6.07) is 5.29. The Kier molecular flexibility index (Phi) is 6.25. The molecule has 0 bridgehead atoms. The van der Waals surface area contributed by atoms with Crippen molar-refractivity contribution in [3.05, 3.63) is 29.6 Å². The van der Waals surface area contributed by atoms with E-state index in [0.29, 0.717) is 12.1 Å². The highest BCUT2D eigenvalue weighted by atomic mass is 19.1. The molecule has 19 heavy (non-hydrogen) atoms. The molecule has 1 aromatic carbocycles. The monoisotopic (exact) mass is 268 g/mol. The summed E-state index contributed by atoms with van der Waals surface area (Å²) < 4.78 is 14.2. The SMILES string of the molecule is CCNC(C)c1c(F)cccc1N(CCO)C(C)C. The zero-order chi connectivity index (χ0) is 14.4. The van der Waals surface area contributed by atoms with E-state index in [-0.39, 0.29) is 24.5 Å². The number of rotatable bonds is 7. The first-order valence-corrected chi connectivity index (χ1v) is 6.92. The van der Waals surface area contributed by atoms with Gasteiger partial charge in [-0.05, 0) is 39.4 Å². The molecule has 0 heterocycles. The minimum absolute atomic E-state index is 0.0545. The number of nitrogens with one attached hydrogen (secondary N) is 1. The molecular weight excluding hydrogens is 243 g/mol. The molecule has 2 N–H and O–H groups in total. The Hall–Kier alpha value is -1.13. The third kappa shape index (κ3) is 3.91. The lowest BCUT2D eigenvalue weighted by Crippen LogP contribution is -2.35. The quantitative estimate of drug-likeness (QED) is 0.798. The van der Waals surface area contributed by atoms with Gasteiger partial charge in [-0.15, -0.1) is 0 Å². The third-order valence-corrected chi connectivity index (χ3v) is 3.25. The molecule has 0 spiro atoms. The third-order valence-electron chi connectivity index (χ3n) is 3.25. The molecule has 0 fully saturated rings. The van der Waals surface area contributed by atoms with Gasteiger partial charge in [0.2, 0.25) is 0 Å². The van der Waals surface area contributed by atoms with Crippen molar-refractivity contribution < 1.29 is 9.50 Å². The second-order valence-electron chi connectivity index (χ2n) is 4.96. The fourth-order valence-electron chi connectivity index (χ4n) is 2.38. The summed E-state index contributed by atoms with van der Waals surface area (Å²) in [5.74, 6) is -0.200. The highest BCUT2D eigenvalue weighted by Gasteiger charge is 2.20. The zero-order valence-corrected chi connectivity index (χ0v) is 12.3. The molecule has 1 atom stereocenters. The van der Waals surface area contributed by atoms with Crippen molar-refractivity contribution in [3.63, 3.8) is 0 Å². The highest BCUT2D eigenvalue weighted by Crippen LogP contribution is 2.30. The molecule has 1 aromatic rings. The number of nitrogens with zero attached hydrogens (tertiary/aromatic N) is 1. The van der Waals surface area contributed by atoms with Crippen molar-refractivity contribution in [2.45, 2.75) is 39.8 Å². The van der Waals surface area contributed by atoms with Gasteiger partial charge in [0.1, 0.15) is 5.82 Å². The van der Waals surface area contributed by atoms with Gasteiger partial charge in [-0.3, -0.25) is 0 Å². The minimum atomic E-state index is -0.200. The summed E-state index contributed by atoms with van der Waals surface area (Å²) in [7, 11) is 0. The molecule has 4 heteroatoms. The molecule has 0 aromatic heterocycles. The topological polar surface area (TPSA) is 35.5 Å². The lowest BCUT2D eigenvalue weighted by atomic mass is 10.0. The number of anilines is 1. The maximum atomic E-state index is 14.2. The van der Waals surface area contributed by atoms with Gasteiger partial charge < -0.3 is 15.3 Å². The van der Waals surface area contributed by atoms with Crippen LogP contribution in [0.1, 0.15) is 39.3 Å². The van der Waals surface area contributed by atoms with Gasteiger partial charge in [0.05, 0.1) is 6.61 Å². The van der Waals surface area contributed by atoms with Crippen LogP contribution in [0.4, 0.5) is 10.1 Å². The predicted molar refractivity (Wildman–Crippen MR) is 78.1 cm³/mol. The fourth-order valence-corrected chi connectivity index (χ4v) is 2.38. The molecule has 0 saturated carbocycles. The normalized spacial score (nSPS) is 12.8. The van der Waals surface area contributed by atoms with E-state index in [9.17, 15) is 9.50 Å². The zero-order valence-electron chi connectivity index (χ0n) is 12.3. The Balaban J connectivity index is 3.21. The number of benzene rings is 1. The van der Waals surface area contributed by atoms with Crippen LogP contribution in [0.3, 0.4) is 0 Å². The summed E-state index contributed by atoms with van der Waals surface area (Å²) in [5, 5.41) is 12.4. The first kappa shape index (κ1) is 15.9. The maximum absolute atomic E-state index is 14.2. The van der Waals surface area contributed by atoms with E-state index in [1.54, 1.807) is 6.07 Å². The average molecular weight is 268 g/mol. The van der Waals surface area contributed by atoms with Gasteiger partial charge in [0.15, 0.2) is 0 Å². The predicted octanol–water partition coefficient (Wildman–Crippen LogP) is 2.70. The Morgan fingerprint density at radius 3 is 2.53 bits per heavy atom. The molecule has 0 amide bonds. The molecule has 3 nitrogen and oxygen atoms in total. The number of hydrogen-bond acceptors (Lipinski definition) is 3. The van der Waals surface area contributed by atoms with Crippen LogP contribution in [0, 0.1) is 5.82 Å². The second kappa shape index (κ2) is 7.46. The van der Waals surface area contributed by atoms with Gasteiger partial charge in [0.25, 0.3) is 0 Å². The van der Waals surface area contributed by atoms with Crippen LogP contribution >= 0.6 is 0 Å². The minimum Gasteiger partial charge on any atom is -0.395 e. The van der Waals surface area contributed by atoms with Crippen molar-refractivity contribution >= 4 is 5.69 Å². The average Bonchev–Trinajstić information content (AvgIpc) is 2.35. The van der Waals surface area contributed by atoms with Crippen LogP contribution in [0.5, 0.6) is 0 Å². The van der Waals surface area contributed by atoms with E-state index in [2.05, 4.69) is 5.32 Å². The molecular formula is C15H25FN2O. The molecule has 1 unspecified atom stereocenters. The van der Waals surface area contributed by atoms with Gasteiger partial charge in [-0.1, -0.05) is 13.0 Å². The molecule has 108 valence electrons. The Morgan fingerprint density at radius 1 is 1.32 bits per heavy atom. The van der Waals surface area contributed by atoms with E-state index in [1.165, 1.54) is 6.07 Å². The van der Waals surface area contributed by atoms with Crippen LogP contribution < -0.4 is 10.2 Å². The second-order valence-corrected chi connectivity index (χ2v) is 4.96. The molecule has 0 aliphatic rings. The first-order valence-electron chi connectivity index (χ1n) is 6.92. The fraction of sp³-hybridized carbons (Fsp3) is 0.600. The van der Waals surface area contributed by atoms with Crippen molar-refractivity contribution in [1.82, 2.24) is 5.32 Å². The Bertz CT molecular complexity index is 396. The van der Waals surface area contributed by atoms with Crippen LogP contribution in [-0.4, -0.2) is 30.8 Å². The molecule has 0 aliphatic heterocycles. The lowest BCUT2D eigenvalue weighted by Gasteiger charge is -2.32. The van der Waals surface area contributed by atoms with E-state index in [0.717, 1.165) is 12.2 Å². The van der Waals surface area contributed by atoms with Crippen LogP contribution in [-0.2, 0) is 0 Å². The van der Waals surface area contributed by atoms with Crippen molar-refractivity contribution in [2.24, 2.45) is 0 Å². The molecule has 0 radical (unpaired) electrons. The lowest BCUT2D eigenvalue weighted by molar-refractivity contribution is 0.298. The van der Waals surface area contributed by atoms with Gasteiger partial charge >= 0.3 is 0 Å².